The lowest BCUT2D eigenvalue weighted by Crippen LogP contribution is -1.96. The molecular weight excluding hydrogens is 232 g/mol. The van der Waals surface area contributed by atoms with Crippen LogP contribution in [-0.2, 0) is 13.0 Å². The van der Waals surface area contributed by atoms with Crippen molar-refractivity contribution in [3.63, 3.8) is 0 Å². The normalized spacial score (nSPS) is 10.3. The predicted molar refractivity (Wildman–Crippen MR) is 64.5 cm³/mol. The minimum absolute atomic E-state index is 0.233. The number of rotatable bonds is 6. The first-order chi connectivity index (χ1) is 8.81. The second kappa shape index (κ2) is 5.95. The van der Waals surface area contributed by atoms with Gasteiger partial charge in [0.1, 0.15) is 12.0 Å². The molecule has 18 heavy (non-hydrogen) atoms. The van der Waals surface area contributed by atoms with Crippen LogP contribution in [0.25, 0.3) is 0 Å². The molecule has 0 saturated carbocycles. The van der Waals surface area contributed by atoms with E-state index in [1.54, 1.807) is 24.3 Å². The Morgan fingerprint density at radius 1 is 1.33 bits per heavy atom. The number of nitrogens with zero attached hydrogens (tertiary/aromatic N) is 2. The smallest absolute Gasteiger partial charge is 0.264 e. The molecule has 94 valence electrons. The Balaban J connectivity index is 1.91. The molecule has 0 aliphatic rings. The van der Waals surface area contributed by atoms with Gasteiger partial charge in [0.15, 0.2) is 12.4 Å². The highest BCUT2D eigenvalue weighted by Crippen LogP contribution is 2.13. The van der Waals surface area contributed by atoms with Gasteiger partial charge in [-0.3, -0.25) is 4.79 Å². The first-order valence-electron chi connectivity index (χ1n) is 5.81. The summed E-state index contributed by atoms with van der Waals surface area (Å²) in [6, 6.07) is 6.84. The van der Waals surface area contributed by atoms with Crippen LogP contribution >= 0.6 is 0 Å². The highest BCUT2D eigenvalue weighted by molar-refractivity contribution is 5.74. The number of aldehydes is 1. The molecule has 0 aliphatic heterocycles. The summed E-state index contributed by atoms with van der Waals surface area (Å²) in [5, 5.41) is 3.83. The highest BCUT2D eigenvalue weighted by Gasteiger charge is 2.06. The Morgan fingerprint density at radius 2 is 2.11 bits per heavy atom. The Kier molecular flexibility index (Phi) is 4.06. The van der Waals surface area contributed by atoms with Crippen molar-refractivity contribution in [2.75, 3.05) is 0 Å². The summed E-state index contributed by atoms with van der Waals surface area (Å²) in [6.07, 6.45) is 2.57. The molecule has 0 saturated heterocycles. The number of carbonyl (C=O) groups is 1. The van der Waals surface area contributed by atoms with Gasteiger partial charge in [-0.05, 0) is 30.7 Å². The third-order valence-corrected chi connectivity index (χ3v) is 2.36. The zero-order valence-electron chi connectivity index (χ0n) is 10.1. The molecule has 0 spiro atoms. The summed E-state index contributed by atoms with van der Waals surface area (Å²) in [7, 11) is 0. The van der Waals surface area contributed by atoms with Gasteiger partial charge >= 0.3 is 0 Å². The van der Waals surface area contributed by atoms with E-state index in [1.807, 2.05) is 0 Å². The average Bonchev–Trinajstić information content (AvgIpc) is 2.85. The highest BCUT2D eigenvalue weighted by atomic mass is 16.5. The molecule has 0 atom stereocenters. The molecular formula is C13H14N2O3. The minimum Gasteiger partial charge on any atom is -0.484 e. The number of aromatic nitrogens is 2. The maximum absolute atomic E-state index is 10.5. The van der Waals surface area contributed by atoms with Gasteiger partial charge < -0.3 is 9.26 Å². The molecule has 0 N–H and O–H groups in total. The predicted octanol–water partition coefficient (Wildman–Crippen LogP) is 2.41. The number of aryl methyl sites for hydroxylation is 1. The van der Waals surface area contributed by atoms with E-state index in [2.05, 4.69) is 17.1 Å². The van der Waals surface area contributed by atoms with E-state index < -0.39 is 0 Å². The van der Waals surface area contributed by atoms with E-state index in [4.69, 9.17) is 9.26 Å². The Morgan fingerprint density at radius 3 is 2.78 bits per heavy atom. The maximum atomic E-state index is 10.5. The monoisotopic (exact) mass is 246 g/mol. The number of ether oxygens (including phenoxy) is 1. The first-order valence-corrected chi connectivity index (χ1v) is 5.81. The average molecular weight is 246 g/mol. The van der Waals surface area contributed by atoms with Crippen molar-refractivity contribution in [1.82, 2.24) is 10.1 Å². The number of hydrogen-bond acceptors (Lipinski definition) is 5. The second-order valence-corrected chi connectivity index (χ2v) is 3.83. The molecule has 1 aromatic carbocycles. The molecule has 0 aliphatic carbocycles. The van der Waals surface area contributed by atoms with E-state index in [1.165, 1.54) is 0 Å². The minimum atomic E-state index is 0.233. The molecule has 0 bridgehead atoms. The van der Waals surface area contributed by atoms with Crippen molar-refractivity contribution < 1.29 is 14.1 Å². The van der Waals surface area contributed by atoms with E-state index in [0.717, 1.165) is 19.1 Å². The van der Waals surface area contributed by atoms with Gasteiger partial charge in [-0.15, -0.1) is 0 Å². The topological polar surface area (TPSA) is 65.2 Å². The number of hydrogen-bond donors (Lipinski definition) is 0. The Bertz CT molecular complexity index is 505. The SMILES string of the molecule is CCCc1noc(COc2ccc(C=O)cc2)n1. The van der Waals surface area contributed by atoms with Crippen LogP contribution in [0.1, 0.15) is 35.4 Å². The van der Waals surface area contributed by atoms with Gasteiger partial charge in [0.25, 0.3) is 5.89 Å². The quantitative estimate of drug-likeness (QED) is 0.732. The maximum Gasteiger partial charge on any atom is 0.264 e. The summed E-state index contributed by atoms with van der Waals surface area (Å²) in [6.45, 7) is 2.29. The summed E-state index contributed by atoms with van der Waals surface area (Å²) >= 11 is 0. The lowest BCUT2D eigenvalue weighted by atomic mass is 10.2. The second-order valence-electron chi connectivity index (χ2n) is 3.83. The van der Waals surface area contributed by atoms with Gasteiger partial charge in [0, 0.05) is 12.0 Å². The van der Waals surface area contributed by atoms with Crippen molar-refractivity contribution in [3.8, 4) is 5.75 Å². The standard InChI is InChI=1S/C13H14N2O3/c1-2-3-12-14-13(18-15-12)9-17-11-6-4-10(8-16)5-7-11/h4-8H,2-3,9H2,1H3. The van der Waals surface area contributed by atoms with Crippen molar-refractivity contribution >= 4 is 6.29 Å². The van der Waals surface area contributed by atoms with Gasteiger partial charge in [0.2, 0.25) is 0 Å². The summed E-state index contributed by atoms with van der Waals surface area (Å²) in [5.41, 5.74) is 0.616. The van der Waals surface area contributed by atoms with Crippen molar-refractivity contribution in [2.24, 2.45) is 0 Å². The molecule has 1 heterocycles. The molecule has 0 fully saturated rings. The molecule has 2 rings (SSSR count). The Hall–Kier alpha value is -2.17. The van der Waals surface area contributed by atoms with E-state index in [0.29, 0.717) is 23.0 Å². The molecule has 0 unspecified atom stereocenters. The lowest BCUT2D eigenvalue weighted by Gasteiger charge is -2.02. The van der Waals surface area contributed by atoms with Crippen LogP contribution in [0.15, 0.2) is 28.8 Å². The number of carbonyl (C=O) groups excluding carboxylic acids is 1. The van der Waals surface area contributed by atoms with Crippen LogP contribution in [0.2, 0.25) is 0 Å². The van der Waals surface area contributed by atoms with Gasteiger partial charge in [-0.25, -0.2) is 0 Å². The zero-order chi connectivity index (χ0) is 12.8. The van der Waals surface area contributed by atoms with E-state index in [9.17, 15) is 4.79 Å². The van der Waals surface area contributed by atoms with Crippen molar-refractivity contribution in [3.05, 3.63) is 41.5 Å². The largest absolute Gasteiger partial charge is 0.484 e. The van der Waals surface area contributed by atoms with Gasteiger partial charge in [-0.1, -0.05) is 12.1 Å². The summed E-state index contributed by atoms with van der Waals surface area (Å²) < 4.78 is 10.5. The van der Waals surface area contributed by atoms with E-state index in [-0.39, 0.29) is 6.61 Å². The summed E-state index contributed by atoms with van der Waals surface area (Å²) in [4.78, 5) is 14.7. The third kappa shape index (κ3) is 3.16. The van der Waals surface area contributed by atoms with Crippen LogP contribution < -0.4 is 4.74 Å². The fourth-order valence-corrected chi connectivity index (χ4v) is 1.46. The van der Waals surface area contributed by atoms with Crippen molar-refractivity contribution in [1.29, 1.82) is 0 Å². The first kappa shape index (κ1) is 12.3. The molecule has 1 aromatic heterocycles. The van der Waals surface area contributed by atoms with Crippen molar-refractivity contribution in [2.45, 2.75) is 26.4 Å². The lowest BCUT2D eigenvalue weighted by molar-refractivity contribution is 0.112. The van der Waals surface area contributed by atoms with Gasteiger partial charge in [0.05, 0.1) is 0 Å². The number of benzene rings is 1. The molecule has 5 nitrogen and oxygen atoms in total. The fraction of sp³-hybridized carbons (Fsp3) is 0.308. The molecule has 0 amide bonds. The van der Waals surface area contributed by atoms with Crippen LogP contribution in [0, 0.1) is 0 Å². The van der Waals surface area contributed by atoms with Gasteiger partial charge in [-0.2, -0.15) is 4.98 Å². The van der Waals surface area contributed by atoms with Crippen LogP contribution in [0.5, 0.6) is 5.75 Å². The van der Waals surface area contributed by atoms with Crippen LogP contribution in [0.3, 0.4) is 0 Å². The Labute approximate surface area is 105 Å². The van der Waals surface area contributed by atoms with E-state index >= 15 is 0 Å². The molecule has 2 aromatic rings. The molecule has 0 radical (unpaired) electrons. The van der Waals surface area contributed by atoms with Crippen LogP contribution in [0.4, 0.5) is 0 Å². The zero-order valence-corrected chi connectivity index (χ0v) is 10.1. The third-order valence-electron chi connectivity index (χ3n) is 2.36. The van der Waals surface area contributed by atoms with Crippen LogP contribution in [-0.4, -0.2) is 16.4 Å². The molecule has 5 heteroatoms. The summed E-state index contributed by atoms with van der Waals surface area (Å²) in [5.74, 6) is 1.82. The fourth-order valence-electron chi connectivity index (χ4n) is 1.46.